The summed E-state index contributed by atoms with van der Waals surface area (Å²) in [5.41, 5.74) is 8.57. The Morgan fingerprint density at radius 2 is 2.21 bits per heavy atom. The number of benzene rings is 1. The predicted octanol–water partition coefficient (Wildman–Crippen LogP) is 0.891. The fourth-order valence-electron chi connectivity index (χ4n) is 2.41. The summed E-state index contributed by atoms with van der Waals surface area (Å²) in [4.78, 5) is 2.19. The fraction of sp³-hybridized carbons (Fsp3) is 0.308. The van der Waals surface area contributed by atoms with Gasteiger partial charge in [-0.05, 0) is 19.1 Å². The molecule has 0 amide bonds. The minimum absolute atomic E-state index is 0.103. The smallest absolute Gasteiger partial charge is 0.152 e. The largest absolute Gasteiger partial charge is 0.384 e. The molecule has 1 aliphatic rings. The van der Waals surface area contributed by atoms with Gasteiger partial charge in [0.15, 0.2) is 5.82 Å². The van der Waals surface area contributed by atoms with Crippen LogP contribution in [0, 0.1) is 12.3 Å². The lowest BCUT2D eigenvalue weighted by molar-refractivity contribution is 0.560. The van der Waals surface area contributed by atoms with E-state index in [-0.39, 0.29) is 5.84 Å². The van der Waals surface area contributed by atoms with Crippen molar-refractivity contribution in [1.82, 2.24) is 14.8 Å². The average Bonchev–Trinajstić information content (AvgIpc) is 2.85. The van der Waals surface area contributed by atoms with Gasteiger partial charge in [0.25, 0.3) is 0 Å². The standard InChI is InChI=1S/C13H16N6/c1-9-2-3-11(10(6-9)13(14)15)18-4-5-19-8-16-17-12(19)7-18/h2-3,6,8H,4-5,7H2,1H3,(H3,14,15). The Hall–Kier alpha value is -2.37. The fourth-order valence-corrected chi connectivity index (χ4v) is 2.41. The van der Waals surface area contributed by atoms with Gasteiger partial charge in [-0.2, -0.15) is 0 Å². The lowest BCUT2D eigenvalue weighted by Crippen LogP contribution is -2.35. The van der Waals surface area contributed by atoms with Crippen LogP contribution in [0.2, 0.25) is 0 Å². The second-order valence-corrected chi connectivity index (χ2v) is 4.80. The zero-order chi connectivity index (χ0) is 13.4. The molecule has 0 atom stereocenters. The number of nitrogen functional groups attached to an aromatic ring is 1. The van der Waals surface area contributed by atoms with Gasteiger partial charge >= 0.3 is 0 Å². The third kappa shape index (κ3) is 2.05. The monoisotopic (exact) mass is 256 g/mol. The highest BCUT2D eigenvalue weighted by Crippen LogP contribution is 2.25. The first-order valence-electron chi connectivity index (χ1n) is 6.22. The van der Waals surface area contributed by atoms with Crippen LogP contribution in [-0.4, -0.2) is 27.1 Å². The van der Waals surface area contributed by atoms with Crippen LogP contribution in [0.25, 0.3) is 0 Å². The second-order valence-electron chi connectivity index (χ2n) is 4.80. The van der Waals surface area contributed by atoms with Gasteiger partial charge in [0, 0.05) is 24.3 Å². The van der Waals surface area contributed by atoms with E-state index in [2.05, 4.69) is 19.7 Å². The van der Waals surface area contributed by atoms with Crippen LogP contribution in [0.1, 0.15) is 17.0 Å². The maximum atomic E-state index is 7.72. The number of anilines is 1. The van der Waals surface area contributed by atoms with E-state index < -0.39 is 0 Å². The Morgan fingerprint density at radius 3 is 3.00 bits per heavy atom. The number of nitrogens with one attached hydrogen (secondary N) is 1. The van der Waals surface area contributed by atoms with Crippen molar-refractivity contribution in [2.45, 2.75) is 20.0 Å². The number of rotatable bonds is 2. The molecule has 2 heterocycles. The van der Waals surface area contributed by atoms with Gasteiger partial charge in [0.1, 0.15) is 12.2 Å². The highest BCUT2D eigenvalue weighted by Gasteiger charge is 2.20. The number of aromatic nitrogens is 3. The average molecular weight is 256 g/mol. The molecule has 19 heavy (non-hydrogen) atoms. The van der Waals surface area contributed by atoms with Crippen molar-refractivity contribution >= 4 is 11.5 Å². The van der Waals surface area contributed by atoms with E-state index in [1.807, 2.05) is 25.1 Å². The Morgan fingerprint density at radius 1 is 1.37 bits per heavy atom. The van der Waals surface area contributed by atoms with E-state index in [1.54, 1.807) is 6.33 Å². The van der Waals surface area contributed by atoms with Crippen molar-refractivity contribution < 1.29 is 0 Å². The van der Waals surface area contributed by atoms with E-state index >= 15 is 0 Å². The molecule has 1 aliphatic heterocycles. The third-order valence-corrected chi connectivity index (χ3v) is 3.42. The van der Waals surface area contributed by atoms with E-state index in [0.717, 1.165) is 35.7 Å². The molecule has 0 bridgehead atoms. The number of fused-ring (bicyclic) bond motifs is 1. The van der Waals surface area contributed by atoms with Gasteiger partial charge < -0.3 is 15.2 Å². The van der Waals surface area contributed by atoms with Gasteiger partial charge in [0.2, 0.25) is 0 Å². The quantitative estimate of drug-likeness (QED) is 0.617. The molecule has 0 unspecified atom stereocenters. The zero-order valence-electron chi connectivity index (χ0n) is 10.8. The molecule has 6 nitrogen and oxygen atoms in total. The van der Waals surface area contributed by atoms with Crippen molar-refractivity contribution in [3.05, 3.63) is 41.5 Å². The minimum atomic E-state index is 0.103. The highest BCUT2D eigenvalue weighted by molar-refractivity contribution is 6.00. The normalized spacial score (nSPS) is 14.3. The first kappa shape index (κ1) is 11.7. The summed E-state index contributed by atoms with van der Waals surface area (Å²) in [7, 11) is 0. The van der Waals surface area contributed by atoms with E-state index in [4.69, 9.17) is 11.1 Å². The van der Waals surface area contributed by atoms with E-state index in [0.29, 0.717) is 6.54 Å². The minimum Gasteiger partial charge on any atom is -0.384 e. The van der Waals surface area contributed by atoms with Crippen molar-refractivity contribution in [1.29, 1.82) is 5.41 Å². The maximum absolute atomic E-state index is 7.72. The number of aryl methyl sites for hydroxylation is 1. The SMILES string of the molecule is Cc1ccc(N2CCn3cnnc3C2)c(C(=N)N)c1. The third-order valence-electron chi connectivity index (χ3n) is 3.42. The van der Waals surface area contributed by atoms with Crippen molar-refractivity contribution in [2.75, 3.05) is 11.4 Å². The van der Waals surface area contributed by atoms with Crippen molar-refractivity contribution in [3.8, 4) is 0 Å². The molecule has 0 radical (unpaired) electrons. The summed E-state index contributed by atoms with van der Waals surface area (Å²) in [6.45, 7) is 4.42. The molecule has 3 N–H and O–H groups in total. The molecule has 0 fully saturated rings. The molecule has 0 saturated heterocycles. The van der Waals surface area contributed by atoms with Crippen LogP contribution in [-0.2, 0) is 13.1 Å². The first-order valence-corrected chi connectivity index (χ1v) is 6.22. The molecule has 2 aromatic rings. The Kier molecular flexibility index (Phi) is 2.70. The van der Waals surface area contributed by atoms with Crippen molar-refractivity contribution in [3.63, 3.8) is 0 Å². The van der Waals surface area contributed by atoms with Gasteiger partial charge in [-0.25, -0.2) is 0 Å². The molecule has 0 aliphatic carbocycles. The van der Waals surface area contributed by atoms with Crippen LogP contribution in [0.4, 0.5) is 5.69 Å². The summed E-state index contributed by atoms with van der Waals surface area (Å²) in [5.74, 6) is 1.05. The molecule has 0 spiro atoms. The Labute approximate surface area is 111 Å². The summed E-state index contributed by atoms with van der Waals surface area (Å²) in [5, 5.41) is 15.8. The molecule has 98 valence electrons. The van der Waals surface area contributed by atoms with Crippen LogP contribution >= 0.6 is 0 Å². The molecule has 3 rings (SSSR count). The first-order chi connectivity index (χ1) is 9.15. The summed E-state index contributed by atoms with van der Waals surface area (Å²) < 4.78 is 2.05. The molecule has 1 aromatic carbocycles. The van der Waals surface area contributed by atoms with Gasteiger partial charge in [-0.3, -0.25) is 5.41 Å². The Balaban J connectivity index is 1.98. The van der Waals surface area contributed by atoms with Gasteiger partial charge in [-0.1, -0.05) is 11.6 Å². The van der Waals surface area contributed by atoms with Gasteiger partial charge in [0.05, 0.1) is 6.54 Å². The molecular weight excluding hydrogens is 240 g/mol. The summed E-state index contributed by atoms with van der Waals surface area (Å²) in [6.07, 6.45) is 1.76. The molecule has 1 aromatic heterocycles. The maximum Gasteiger partial charge on any atom is 0.152 e. The number of nitrogens with zero attached hydrogens (tertiary/aromatic N) is 4. The number of amidine groups is 1. The van der Waals surface area contributed by atoms with Crippen LogP contribution in [0.3, 0.4) is 0 Å². The van der Waals surface area contributed by atoms with E-state index in [1.165, 1.54) is 0 Å². The topological polar surface area (TPSA) is 83.8 Å². The lowest BCUT2D eigenvalue weighted by Gasteiger charge is -2.30. The summed E-state index contributed by atoms with van der Waals surface area (Å²) >= 11 is 0. The number of nitrogens with two attached hydrogens (primary N) is 1. The van der Waals surface area contributed by atoms with Gasteiger partial charge in [-0.15, -0.1) is 10.2 Å². The Bertz CT molecular complexity index is 630. The van der Waals surface area contributed by atoms with Crippen LogP contribution < -0.4 is 10.6 Å². The van der Waals surface area contributed by atoms with Crippen LogP contribution in [0.5, 0.6) is 0 Å². The number of hydrogen-bond donors (Lipinski definition) is 2. The van der Waals surface area contributed by atoms with Crippen molar-refractivity contribution in [2.24, 2.45) is 5.73 Å². The number of hydrogen-bond acceptors (Lipinski definition) is 4. The highest BCUT2D eigenvalue weighted by atomic mass is 15.3. The molecule has 0 saturated carbocycles. The molecule has 6 heteroatoms. The van der Waals surface area contributed by atoms with E-state index in [9.17, 15) is 0 Å². The molecular formula is C13H16N6. The second kappa shape index (κ2) is 4.38. The zero-order valence-corrected chi connectivity index (χ0v) is 10.8. The lowest BCUT2D eigenvalue weighted by atomic mass is 10.1. The summed E-state index contributed by atoms with van der Waals surface area (Å²) in [6, 6.07) is 6.02. The predicted molar refractivity (Wildman–Crippen MR) is 73.3 cm³/mol. The van der Waals surface area contributed by atoms with Crippen LogP contribution in [0.15, 0.2) is 24.5 Å².